The molecule has 0 unspecified atom stereocenters. The maximum atomic E-state index is 12.5. The van der Waals surface area contributed by atoms with Gasteiger partial charge in [-0.2, -0.15) is 5.26 Å². The van der Waals surface area contributed by atoms with Gasteiger partial charge >= 0.3 is 0 Å². The number of thioether (sulfide) groups is 1. The number of carbonyl (C=O) groups excluding carboxylic acids is 1. The van der Waals surface area contributed by atoms with Crippen molar-refractivity contribution < 1.29 is 14.3 Å². The van der Waals surface area contributed by atoms with Gasteiger partial charge in [0, 0.05) is 36.8 Å². The van der Waals surface area contributed by atoms with Crippen LogP contribution in [0, 0.1) is 11.3 Å². The van der Waals surface area contributed by atoms with Crippen molar-refractivity contribution in [3.8, 4) is 23.3 Å². The van der Waals surface area contributed by atoms with Gasteiger partial charge in [-0.25, -0.2) is 0 Å². The number of nitriles is 1. The highest BCUT2D eigenvalue weighted by Crippen LogP contribution is 2.28. The van der Waals surface area contributed by atoms with Gasteiger partial charge in [-0.05, 0) is 42.3 Å². The summed E-state index contributed by atoms with van der Waals surface area (Å²) in [6.45, 7) is 0.413. The third-order valence-corrected chi connectivity index (χ3v) is 6.91. The minimum atomic E-state index is -0.0321. The highest BCUT2D eigenvalue weighted by molar-refractivity contribution is 7.98. The standard InChI is InChI=1S/C29H29N5O3S/c1-36-25-12-6-11-24(17-25)34-27(32-33-29(34)38-20-22-9-5-8-21(16-22)18-30)14-7-15-28(35)31-19-23-10-3-4-13-26(23)37-2/h3-6,8-13,16-17H,7,14-15,19-20H2,1-2H3,(H,31,35). The molecule has 0 fully saturated rings. The van der Waals surface area contributed by atoms with Gasteiger partial charge in [0.25, 0.3) is 0 Å². The van der Waals surface area contributed by atoms with Gasteiger partial charge in [-0.3, -0.25) is 9.36 Å². The Labute approximate surface area is 226 Å². The topological polar surface area (TPSA) is 102 Å². The lowest BCUT2D eigenvalue weighted by atomic mass is 10.2. The van der Waals surface area contributed by atoms with E-state index < -0.39 is 0 Å². The van der Waals surface area contributed by atoms with Gasteiger partial charge in [-0.1, -0.05) is 48.2 Å². The molecule has 1 amide bonds. The second-order valence-corrected chi connectivity index (χ2v) is 9.42. The lowest BCUT2D eigenvalue weighted by Gasteiger charge is -2.12. The molecule has 0 atom stereocenters. The molecule has 0 aliphatic carbocycles. The number of amides is 1. The van der Waals surface area contributed by atoms with E-state index in [1.54, 1.807) is 32.0 Å². The van der Waals surface area contributed by atoms with Crippen LogP contribution in [-0.4, -0.2) is 34.9 Å². The van der Waals surface area contributed by atoms with Crippen molar-refractivity contribution in [3.05, 3.63) is 95.3 Å². The molecule has 0 aliphatic heterocycles. The summed E-state index contributed by atoms with van der Waals surface area (Å²) in [6, 6.07) is 25.1. The third-order valence-electron chi connectivity index (χ3n) is 5.91. The van der Waals surface area contributed by atoms with E-state index in [4.69, 9.17) is 9.47 Å². The van der Waals surface area contributed by atoms with Gasteiger partial charge in [0.2, 0.25) is 5.91 Å². The number of nitrogens with zero attached hydrogens (tertiary/aromatic N) is 4. The summed E-state index contributed by atoms with van der Waals surface area (Å²) >= 11 is 1.55. The number of nitrogens with one attached hydrogen (secondary N) is 1. The van der Waals surface area contributed by atoms with Gasteiger partial charge < -0.3 is 14.8 Å². The zero-order chi connectivity index (χ0) is 26.7. The van der Waals surface area contributed by atoms with Crippen molar-refractivity contribution in [1.82, 2.24) is 20.1 Å². The van der Waals surface area contributed by atoms with E-state index in [0.717, 1.165) is 39.3 Å². The Kier molecular flexibility index (Phi) is 9.37. The summed E-state index contributed by atoms with van der Waals surface area (Å²) < 4.78 is 12.8. The van der Waals surface area contributed by atoms with Gasteiger partial charge in [0.15, 0.2) is 5.16 Å². The number of benzene rings is 3. The molecule has 0 aliphatic rings. The summed E-state index contributed by atoms with van der Waals surface area (Å²) in [4.78, 5) is 12.5. The fourth-order valence-corrected chi connectivity index (χ4v) is 4.90. The van der Waals surface area contributed by atoms with Crippen LogP contribution in [0.1, 0.15) is 35.4 Å². The molecule has 4 rings (SSSR count). The lowest BCUT2D eigenvalue weighted by molar-refractivity contribution is -0.121. The average Bonchev–Trinajstić information content (AvgIpc) is 3.37. The van der Waals surface area contributed by atoms with Crippen LogP contribution >= 0.6 is 11.8 Å². The molecule has 1 heterocycles. The summed E-state index contributed by atoms with van der Waals surface area (Å²) in [7, 11) is 3.25. The van der Waals surface area contributed by atoms with E-state index in [0.29, 0.717) is 37.1 Å². The van der Waals surface area contributed by atoms with Crippen molar-refractivity contribution >= 4 is 17.7 Å². The maximum absolute atomic E-state index is 12.5. The monoisotopic (exact) mass is 527 g/mol. The number of hydrogen-bond acceptors (Lipinski definition) is 7. The minimum absolute atomic E-state index is 0.0321. The zero-order valence-electron chi connectivity index (χ0n) is 21.4. The Morgan fingerprint density at radius 2 is 1.87 bits per heavy atom. The number of carbonyl (C=O) groups is 1. The fraction of sp³-hybridized carbons (Fsp3) is 0.241. The van der Waals surface area contributed by atoms with Crippen LogP contribution in [0.5, 0.6) is 11.5 Å². The zero-order valence-corrected chi connectivity index (χ0v) is 22.2. The van der Waals surface area contributed by atoms with Crippen molar-refractivity contribution in [3.63, 3.8) is 0 Å². The number of rotatable bonds is 12. The summed E-state index contributed by atoms with van der Waals surface area (Å²) in [5.74, 6) is 2.86. The second-order valence-electron chi connectivity index (χ2n) is 8.48. The fourth-order valence-electron chi connectivity index (χ4n) is 3.98. The molecule has 9 heteroatoms. The van der Waals surface area contributed by atoms with Crippen LogP contribution in [0.3, 0.4) is 0 Å². The smallest absolute Gasteiger partial charge is 0.220 e. The molecule has 38 heavy (non-hydrogen) atoms. The molecule has 0 saturated heterocycles. The van der Waals surface area contributed by atoms with Gasteiger partial charge in [0.05, 0.1) is 31.5 Å². The Balaban J connectivity index is 1.44. The van der Waals surface area contributed by atoms with Crippen molar-refractivity contribution in [2.24, 2.45) is 0 Å². The maximum Gasteiger partial charge on any atom is 0.220 e. The lowest BCUT2D eigenvalue weighted by Crippen LogP contribution is -2.23. The Bertz CT molecular complexity index is 1430. The normalized spacial score (nSPS) is 10.6. The third kappa shape index (κ3) is 6.93. The van der Waals surface area contributed by atoms with E-state index in [-0.39, 0.29) is 5.91 Å². The molecule has 0 radical (unpaired) electrons. The predicted octanol–water partition coefficient (Wildman–Crippen LogP) is 5.09. The van der Waals surface area contributed by atoms with Crippen LogP contribution in [0.25, 0.3) is 5.69 Å². The summed E-state index contributed by atoms with van der Waals surface area (Å²) in [5, 5.41) is 21.8. The van der Waals surface area contributed by atoms with Crippen LogP contribution in [0.4, 0.5) is 0 Å². The SMILES string of the molecule is COc1cccc(-n2c(CCCC(=O)NCc3ccccc3OC)nnc2SCc2cccc(C#N)c2)c1. The second kappa shape index (κ2) is 13.3. The summed E-state index contributed by atoms with van der Waals surface area (Å²) in [5.41, 5.74) is 3.48. The first-order valence-electron chi connectivity index (χ1n) is 12.2. The van der Waals surface area contributed by atoms with Crippen molar-refractivity contribution in [2.75, 3.05) is 14.2 Å². The number of methoxy groups -OCH3 is 2. The van der Waals surface area contributed by atoms with Crippen molar-refractivity contribution in [2.45, 2.75) is 36.7 Å². The molecular weight excluding hydrogens is 498 g/mol. The van der Waals surface area contributed by atoms with Crippen LogP contribution in [0.2, 0.25) is 0 Å². The van der Waals surface area contributed by atoms with E-state index in [1.165, 1.54) is 0 Å². The highest BCUT2D eigenvalue weighted by atomic mass is 32.2. The van der Waals surface area contributed by atoms with E-state index in [2.05, 4.69) is 21.6 Å². The Hall–Kier alpha value is -4.29. The molecule has 194 valence electrons. The van der Waals surface area contributed by atoms with E-state index in [9.17, 15) is 10.1 Å². The molecule has 1 aromatic heterocycles. The predicted molar refractivity (Wildman–Crippen MR) is 146 cm³/mol. The van der Waals surface area contributed by atoms with E-state index >= 15 is 0 Å². The molecule has 4 aromatic rings. The Morgan fingerprint density at radius 1 is 1.03 bits per heavy atom. The molecule has 0 spiro atoms. The number of aryl methyl sites for hydroxylation is 1. The number of ether oxygens (including phenoxy) is 2. The van der Waals surface area contributed by atoms with E-state index in [1.807, 2.05) is 71.3 Å². The molecular formula is C29H29N5O3S. The number of aromatic nitrogens is 3. The largest absolute Gasteiger partial charge is 0.497 e. The number of hydrogen-bond donors (Lipinski definition) is 1. The highest BCUT2D eigenvalue weighted by Gasteiger charge is 2.16. The molecule has 3 aromatic carbocycles. The van der Waals surface area contributed by atoms with Gasteiger partial charge in [-0.15, -0.1) is 10.2 Å². The molecule has 1 N–H and O–H groups in total. The average molecular weight is 528 g/mol. The van der Waals surface area contributed by atoms with Crippen LogP contribution < -0.4 is 14.8 Å². The number of para-hydroxylation sites is 1. The van der Waals surface area contributed by atoms with Crippen LogP contribution in [-0.2, 0) is 23.5 Å². The summed E-state index contributed by atoms with van der Waals surface area (Å²) in [6.07, 6.45) is 1.56. The first-order chi connectivity index (χ1) is 18.6. The first kappa shape index (κ1) is 26.8. The quantitative estimate of drug-likeness (QED) is 0.256. The van der Waals surface area contributed by atoms with Gasteiger partial charge in [0.1, 0.15) is 17.3 Å². The first-order valence-corrected chi connectivity index (χ1v) is 13.2. The van der Waals surface area contributed by atoms with Crippen LogP contribution in [0.15, 0.2) is 78.0 Å². The minimum Gasteiger partial charge on any atom is -0.497 e. The molecule has 0 bridgehead atoms. The van der Waals surface area contributed by atoms with Crippen molar-refractivity contribution in [1.29, 1.82) is 5.26 Å². The Morgan fingerprint density at radius 3 is 2.68 bits per heavy atom. The molecule has 0 saturated carbocycles. The molecule has 8 nitrogen and oxygen atoms in total.